The molecule has 13 nitrogen and oxygen atoms in total. The van der Waals surface area contributed by atoms with Crippen LogP contribution in [0.3, 0.4) is 0 Å². The van der Waals surface area contributed by atoms with Gasteiger partial charge in [0, 0.05) is 34.5 Å². The van der Waals surface area contributed by atoms with Crippen LogP contribution in [0.1, 0.15) is 47.2 Å². The zero-order valence-corrected chi connectivity index (χ0v) is 26.6. The lowest BCUT2D eigenvalue weighted by molar-refractivity contribution is -0.118. The third-order valence-electron chi connectivity index (χ3n) is 5.37. The van der Waals surface area contributed by atoms with Gasteiger partial charge in [0.1, 0.15) is 11.8 Å². The summed E-state index contributed by atoms with van der Waals surface area (Å²) in [5.41, 5.74) is 5.85. The second kappa shape index (κ2) is 15.3. The van der Waals surface area contributed by atoms with Crippen molar-refractivity contribution >= 4 is 52.9 Å². The van der Waals surface area contributed by atoms with Crippen LogP contribution in [-0.2, 0) is 38.9 Å². The zero-order chi connectivity index (χ0) is 30.8. The number of nitrogens with two attached hydrogens (primary N) is 1. The summed E-state index contributed by atoms with van der Waals surface area (Å²) in [6, 6.07) is 3.38. The van der Waals surface area contributed by atoms with E-state index in [4.69, 9.17) is 29.3 Å². The Kier molecular flexibility index (Phi) is 13.1. The van der Waals surface area contributed by atoms with E-state index in [1.54, 1.807) is 53.7 Å². The van der Waals surface area contributed by atoms with Crippen molar-refractivity contribution in [1.29, 1.82) is 5.26 Å². The Bertz CT molecular complexity index is 1230. The summed E-state index contributed by atoms with van der Waals surface area (Å²) >= 11 is 2.05. The molecule has 0 aliphatic carbocycles. The number of carbonyl (C=O) groups excluding carboxylic acids is 2. The number of phosphoric ester groups is 1. The highest BCUT2D eigenvalue weighted by molar-refractivity contribution is 8.14. The second-order valence-electron chi connectivity index (χ2n) is 11.0. The molecule has 0 unspecified atom stereocenters. The number of aromatic nitrogens is 3. The van der Waals surface area contributed by atoms with E-state index < -0.39 is 37.5 Å². The lowest BCUT2D eigenvalue weighted by atomic mass is 9.99. The van der Waals surface area contributed by atoms with Crippen LogP contribution in [0.4, 0.5) is 5.82 Å². The van der Waals surface area contributed by atoms with Gasteiger partial charge in [-0.1, -0.05) is 65.1 Å². The number of hydrogen-bond acceptors (Lipinski definition) is 14. The summed E-state index contributed by atoms with van der Waals surface area (Å²) in [5.74, 6) is 0.641. The minimum atomic E-state index is -4.25. The van der Waals surface area contributed by atoms with Gasteiger partial charge in [0.05, 0.1) is 25.9 Å². The van der Waals surface area contributed by atoms with Gasteiger partial charge in [-0.3, -0.25) is 23.2 Å². The first-order valence-corrected chi connectivity index (χ1v) is 16.2. The molecule has 0 amide bonds. The van der Waals surface area contributed by atoms with Crippen molar-refractivity contribution in [1.82, 2.24) is 14.6 Å². The molecule has 0 aliphatic heterocycles. The smallest absolute Gasteiger partial charge is 0.419 e. The van der Waals surface area contributed by atoms with Crippen molar-refractivity contribution in [2.24, 2.45) is 10.8 Å². The number of carbonyl (C=O) groups is 2. The monoisotopic (exact) mass is 631 g/mol. The average molecular weight is 632 g/mol. The molecule has 0 saturated carbocycles. The molecule has 0 radical (unpaired) electrons. The van der Waals surface area contributed by atoms with E-state index in [2.05, 4.69) is 10.1 Å². The van der Waals surface area contributed by atoms with Gasteiger partial charge in [0.25, 0.3) is 6.26 Å². The number of fused-ring (bicyclic) bond motifs is 1. The molecule has 0 aliphatic rings. The third-order valence-corrected chi connectivity index (χ3v) is 9.32. The minimum Gasteiger partial charge on any atom is -0.419 e. The van der Waals surface area contributed by atoms with Crippen LogP contribution in [0, 0.1) is 22.3 Å². The lowest BCUT2D eigenvalue weighted by Gasteiger charge is -2.23. The van der Waals surface area contributed by atoms with Crippen LogP contribution < -0.4 is 5.73 Å². The molecule has 2 atom stereocenters. The molecule has 2 rings (SSSR count). The normalized spacial score (nSPS) is 14.0. The Balaban J connectivity index is 2.06. The minimum absolute atomic E-state index is 0.0105. The van der Waals surface area contributed by atoms with E-state index in [1.807, 2.05) is 0 Å². The predicted molar refractivity (Wildman–Crippen MR) is 157 cm³/mol. The summed E-state index contributed by atoms with van der Waals surface area (Å²) in [7, 11) is -4.25. The van der Waals surface area contributed by atoms with E-state index in [0.29, 0.717) is 11.2 Å². The molecule has 0 saturated heterocycles. The number of nitrogen functional groups attached to an aromatic ring is 1. The zero-order valence-electron chi connectivity index (χ0n) is 24.1. The first kappa shape index (κ1) is 35.0. The molecule has 2 aromatic rings. The highest BCUT2D eigenvalue weighted by atomic mass is 32.2. The fourth-order valence-corrected chi connectivity index (χ4v) is 6.08. The Morgan fingerprint density at radius 2 is 1.63 bits per heavy atom. The maximum absolute atomic E-state index is 13.4. The van der Waals surface area contributed by atoms with Crippen LogP contribution in [0.5, 0.6) is 0 Å². The van der Waals surface area contributed by atoms with Gasteiger partial charge in [-0.2, -0.15) is 10.4 Å². The number of nitriles is 1. The molecule has 0 fully saturated rings. The molecule has 2 aromatic heterocycles. The van der Waals surface area contributed by atoms with Crippen molar-refractivity contribution in [2.75, 3.05) is 37.1 Å². The number of ether oxygens (including phenoxy) is 1. The number of aliphatic hydroxyl groups is 1. The van der Waals surface area contributed by atoms with Crippen LogP contribution in [-0.4, -0.2) is 73.5 Å². The number of aliphatic hydroxyl groups excluding tert-OH is 1. The maximum atomic E-state index is 13.4. The molecular weight excluding hydrogens is 593 g/mol. The standard InChI is InChI=1S/C25H38N5O8PS2/c1-24(2,3)22(32)40-11-9-36-39(34,37-10-12-41-23(33)25(4,5)6)38-14-20(35-15-26)19(31)13-17-7-8-18-21(27)28-16-29-30(17)18/h7-8,16,19-20,31H,9-14H2,1-6H3,(H2,27,28,29)/t19-,20+/m0/s1. The lowest BCUT2D eigenvalue weighted by Crippen LogP contribution is -2.34. The Morgan fingerprint density at radius 3 is 2.15 bits per heavy atom. The van der Waals surface area contributed by atoms with Crippen LogP contribution >= 0.6 is 31.3 Å². The summed E-state index contributed by atoms with van der Waals surface area (Å²) in [6.45, 7) is 9.93. The summed E-state index contributed by atoms with van der Waals surface area (Å²) in [6.07, 6.45) is 0.269. The quantitative estimate of drug-likeness (QED) is 0.164. The Labute approximate surface area is 248 Å². The number of rotatable bonds is 15. The van der Waals surface area contributed by atoms with Gasteiger partial charge in [0.15, 0.2) is 22.2 Å². The van der Waals surface area contributed by atoms with Crippen molar-refractivity contribution < 1.29 is 37.6 Å². The van der Waals surface area contributed by atoms with Gasteiger partial charge in [-0.05, 0) is 12.1 Å². The van der Waals surface area contributed by atoms with Crippen molar-refractivity contribution in [3.05, 3.63) is 24.2 Å². The number of hydrogen-bond donors (Lipinski definition) is 2. The SMILES string of the molecule is CC(C)(C)C(=O)SCCOP(=O)(OCCSC(=O)C(C)(C)C)OC[C@@H](OC#N)[C@@H](O)Cc1ccc2c(N)ncnn12. The number of nitrogens with zero attached hydrogens (tertiary/aromatic N) is 4. The summed E-state index contributed by atoms with van der Waals surface area (Å²) in [4.78, 5) is 28.3. The number of thioether (sulfide) groups is 2. The van der Waals surface area contributed by atoms with Gasteiger partial charge >= 0.3 is 7.82 Å². The largest absolute Gasteiger partial charge is 0.474 e. The highest BCUT2D eigenvalue weighted by Gasteiger charge is 2.33. The van der Waals surface area contributed by atoms with Crippen molar-refractivity contribution in [2.45, 2.75) is 60.2 Å². The van der Waals surface area contributed by atoms with Gasteiger partial charge in [-0.15, -0.1) is 0 Å². The molecule has 41 heavy (non-hydrogen) atoms. The first-order valence-electron chi connectivity index (χ1n) is 12.8. The van der Waals surface area contributed by atoms with E-state index in [0.717, 1.165) is 23.5 Å². The molecule has 228 valence electrons. The van der Waals surface area contributed by atoms with E-state index in [9.17, 15) is 19.3 Å². The van der Waals surface area contributed by atoms with E-state index >= 15 is 0 Å². The van der Waals surface area contributed by atoms with Crippen LogP contribution in [0.25, 0.3) is 5.52 Å². The third kappa shape index (κ3) is 11.2. The Hall–Kier alpha value is -2.18. The molecule has 0 bridgehead atoms. The van der Waals surface area contributed by atoms with E-state index in [-0.39, 0.29) is 47.2 Å². The predicted octanol–water partition coefficient (Wildman–Crippen LogP) is 3.85. The van der Waals surface area contributed by atoms with Crippen molar-refractivity contribution in [3.63, 3.8) is 0 Å². The van der Waals surface area contributed by atoms with Gasteiger partial charge < -0.3 is 15.6 Å². The maximum Gasteiger partial charge on any atom is 0.474 e. The molecule has 2 heterocycles. The second-order valence-corrected chi connectivity index (χ2v) is 14.8. The van der Waals surface area contributed by atoms with Crippen LogP contribution in [0.2, 0.25) is 0 Å². The molecule has 3 N–H and O–H groups in total. The van der Waals surface area contributed by atoms with Gasteiger partial charge in [-0.25, -0.2) is 14.1 Å². The molecular formula is C25H38N5O8PS2. The molecule has 0 aromatic carbocycles. The Morgan fingerprint density at radius 1 is 1.07 bits per heavy atom. The molecule has 0 spiro atoms. The number of phosphoric acid groups is 1. The highest BCUT2D eigenvalue weighted by Crippen LogP contribution is 2.50. The molecule has 16 heteroatoms. The van der Waals surface area contributed by atoms with Gasteiger partial charge in [0.2, 0.25) is 0 Å². The van der Waals surface area contributed by atoms with E-state index in [1.165, 1.54) is 17.1 Å². The topological polar surface area (TPSA) is 188 Å². The fourth-order valence-electron chi connectivity index (χ4n) is 3.08. The average Bonchev–Trinajstić information content (AvgIpc) is 3.29. The summed E-state index contributed by atoms with van der Waals surface area (Å²) in [5, 5.41) is 24.0. The van der Waals surface area contributed by atoms with Crippen molar-refractivity contribution in [3.8, 4) is 6.26 Å². The van der Waals surface area contributed by atoms with Crippen LogP contribution in [0.15, 0.2) is 18.5 Å². The first-order chi connectivity index (χ1) is 19.1. The summed E-state index contributed by atoms with van der Waals surface area (Å²) < 4.78 is 36.3. The number of anilines is 1. The fraction of sp³-hybridized carbons (Fsp3) is 0.640.